The normalized spacial score (nSPS) is 13.6. The van der Waals surface area contributed by atoms with Crippen LogP contribution in [0.4, 0.5) is 5.69 Å². The van der Waals surface area contributed by atoms with E-state index in [1.807, 2.05) is 55.1 Å². The van der Waals surface area contributed by atoms with Crippen molar-refractivity contribution in [2.24, 2.45) is 0 Å². The molecule has 2 heterocycles. The van der Waals surface area contributed by atoms with Crippen LogP contribution in [0.15, 0.2) is 48.7 Å². The number of anilines is 1. The predicted molar refractivity (Wildman–Crippen MR) is 117 cm³/mol. The van der Waals surface area contributed by atoms with Crippen molar-refractivity contribution in [3.63, 3.8) is 0 Å². The average molecular weight is 403 g/mol. The first-order chi connectivity index (χ1) is 14.4. The largest absolute Gasteiger partial charge is 0.341 e. The fraction of sp³-hybridized carbons (Fsp3) is 0.292. The van der Waals surface area contributed by atoms with Crippen molar-refractivity contribution in [1.29, 1.82) is 0 Å². The quantitative estimate of drug-likeness (QED) is 0.522. The summed E-state index contributed by atoms with van der Waals surface area (Å²) in [6, 6.07) is 12.9. The summed E-state index contributed by atoms with van der Waals surface area (Å²) in [5.74, 6) is -1.27. The number of rotatable bonds is 5. The summed E-state index contributed by atoms with van der Waals surface area (Å²) in [7, 11) is 0. The highest BCUT2D eigenvalue weighted by atomic mass is 16.2. The standard InChI is InChI=1S/C24H25N3O3/c1-16-9-10-18(13-17(16)2)25-24(30)23(29)20-14-27(21-8-4-3-7-19(20)21)15-22(28)26-11-5-6-12-26/h3-4,7-10,13-14H,5-6,11-12,15H2,1-2H3,(H,25,30). The van der Waals surface area contributed by atoms with Gasteiger partial charge in [-0.15, -0.1) is 0 Å². The minimum absolute atomic E-state index is 0.0341. The third kappa shape index (κ3) is 3.85. The molecule has 30 heavy (non-hydrogen) atoms. The molecule has 1 fully saturated rings. The van der Waals surface area contributed by atoms with E-state index in [4.69, 9.17) is 0 Å². The second-order valence-electron chi connectivity index (χ2n) is 7.86. The molecule has 1 aliphatic rings. The number of hydrogen-bond donors (Lipinski definition) is 1. The Balaban J connectivity index is 1.59. The van der Waals surface area contributed by atoms with Crippen LogP contribution in [0.25, 0.3) is 10.9 Å². The molecule has 2 amide bonds. The van der Waals surface area contributed by atoms with Crippen LogP contribution in [0.2, 0.25) is 0 Å². The molecule has 0 bridgehead atoms. The number of para-hydroxylation sites is 1. The van der Waals surface area contributed by atoms with E-state index in [-0.39, 0.29) is 12.5 Å². The maximum Gasteiger partial charge on any atom is 0.296 e. The number of ketones is 1. The van der Waals surface area contributed by atoms with Gasteiger partial charge in [-0.3, -0.25) is 14.4 Å². The Morgan fingerprint density at radius 2 is 1.70 bits per heavy atom. The number of fused-ring (bicyclic) bond motifs is 1. The fourth-order valence-electron chi connectivity index (χ4n) is 3.90. The smallest absolute Gasteiger partial charge is 0.296 e. The van der Waals surface area contributed by atoms with Gasteiger partial charge in [0.25, 0.3) is 11.7 Å². The molecule has 4 rings (SSSR count). The van der Waals surface area contributed by atoms with E-state index in [0.717, 1.165) is 42.6 Å². The van der Waals surface area contributed by atoms with Crippen molar-refractivity contribution < 1.29 is 14.4 Å². The molecule has 1 aromatic heterocycles. The van der Waals surface area contributed by atoms with Crippen LogP contribution in [0.3, 0.4) is 0 Å². The summed E-state index contributed by atoms with van der Waals surface area (Å²) in [6.07, 6.45) is 3.68. The number of likely N-dealkylation sites (tertiary alicyclic amines) is 1. The molecule has 6 nitrogen and oxygen atoms in total. The van der Waals surface area contributed by atoms with Crippen LogP contribution >= 0.6 is 0 Å². The molecule has 3 aromatic rings. The van der Waals surface area contributed by atoms with E-state index >= 15 is 0 Å². The van der Waals surface area contributed by atoms with Gasteiger partial charge < -0.3 is 14.8 Å². The van der Waals surface area contributed by atoms with Gasteiger partial charge in [0.15, 0.2) is 0 Å². The number of nitrogens with one attached hydrogen (secondary N) is 1. The van der Waals surface area contributed by atoms with Gasteiger partial charge in [-0.2, -0.15) is 0 Å². The van der Waals surface area contributed by atoms with Crippen LogP contribution < -0.4 is 5.32 Å². The van der Waals surface area contributed by atoms with Crippen LogP contribution in [0, 0.1) is 13.8 Å². The summed E-state index contributed by atoms with van der Waals surface area (Å²) >= 11 is 0. The molecule has 0 saturated carbocycles. The minimum atomic E-state index is -0.688. The topological polar surface area (TPSA) is 71.4 Å². The second kappa shape index (κ2) is 8.14. The molecule has 0 spiro atoms. The lowest BCUT2D eigenvalue weighted by Gasteiger charge is -2.15. The lowest BCUT2D eigenvalue weighted by molar-refractivity contribution is -0.130. The van der Waals surface area contributed by atoms with E-state index in [0.29, 0.717) is 16.6 Å². The fourth-order valence-corrected chi connectivity index (χ4v) is 3.90. The average Bonchev–Trinajstić information content (AvgIpc) is 3.39. The molecule has 0 atom stereocenters. The van der Waals surface area contributed by atoms with Gasteiger partial charge in [-0.25, -0.2) is 0 Å². The molecular weight excluding hydrogens is 378 g/mol. The zero-order valence-electron chi connectivity index (χ0n) is 17.3. The summed E-state index contributed by atoms with van der Waals surface area (Å²) < 4.78 is 1.77. The van der Waals surface area contributed by atoms with Crippen molar-refractivity contribution in [2.75, 3.05) is 18.4 Å². The molecule has 6 heteroatoms. The van der Waals surface area contributed by atoms with Gasteiger partial charge in [0.1, 0.15) is 6.54 Å². The first-order valence-corrected chi connectivity index (χ1v) is 10.2. The van der Waals surface area contributed by atoms with Crippen molar-refractivity contribution in [2.45, 2.75) is 33.2 Å². The monoisotopic (exact) mass is 403 g/mol. The summed E-state index contributed by atoms with van der Waals surface area (Å²) in [5.41, 5.74) is 3.82. The number of aryl methyl sites for hydroxylation is 2. The van der Waals surface area contributed by atoms with Gasteiger partial charge in [-0.05, 0) is 56.0 Å². The number of aromatic nitrogens is 1. The molecule has 154 valence electrons. The lowest BCUT2D eigenvalue weighted by atomic mass is 10.1. The maximum atomic E-state index is 12.9. The van der Waals surface area contributed by atoms with E-state index in [9.17, 15) is 14.4 Å². The Bertz CT molecular complexity index is 1140. The first kappa shape index (κ1) is 19.9. The van der Waals surface area contributed by atoms with Crippen LogP contribution in [0.5, 0.6) is 0 Å². The van der Waals surface area contributed by atoms with E-state index in [1.165, 1.54) is 0 Å². The van der Waals surface area contributed by atoms with Crippen molar-refractivity contribution in [1.82, 2.24) is 9.47 Å². The number of carbonyl (C=O) groups is 3. The van der Waals surface area contributed by atoms with Gasteiger partial charge in [0.2, 0.25) is 5.91 Å². The van der Waals surface area contributed by atoms with Crippen LogP contribution in [-0.2, 0) is 16.1 Å². The zero-order chi connectivity index (χ0) is 21.3. The number of benzene rings is 2. The molecular formula is C24H25N3O3. The van der Waals surface area contributed by atoms with Crippen LogP contribution in [0.1, 0.15) is 34.3 Å². The first-order valence-electron chi connectivity index (χ1n) is 10.2. The van der Waals surface area contributed by atoms with Gasteiger partial charge >= 0.3 is 0 Å². The maximum absolute atomic E-state index is 12.9. The Morgan fingerprint density at radius 1 is 0.967 bits per heavy atom. The Hall–Kier alpha value is -3.41. The molecule has 1 saturated heterocycles. The van der Waals surface area contributed by atoms with E-state index in [1.54, 1.807) is 16.8 Å². The van der Waals surface area contributed by atoms with Crippen LogP contribution in [-0.4, -0.2) is 40.2 Å². The van der Waals surface area contributed by atoms with E-state index in [2.05, 4.69) is 5.32 Å². The number of carbonyl (C=O) groups excluding carboxylic acids is 3. The number of nitrogens with zero attached hydrogens (tertiary/aromatic N) is 2. The van der Waals surface area contributed by atoms with Crippen molar-refractivity contribution in [3.05, 3.63) is 65.4 Å². The SMILES string of the molecule is Cc1ccc(NC(=O)C(=O)c2cn(CC(=O)N3CCCC3)c3ccccc23)cc1C. The third-order valence-electron chi connectivity index (χ3n) is 5.77. The Kier molecular flexibility index (Phi) is 5.40. The highest BCUT2D eigenvalue weighted by Gasteiger charge is 2.24. The number of Topliss-reactive ketones (excluding diaryl/α,β-unsaturated/α-hetero) is 1. The third-order valence-corrected chi connectivity index (χ3v) is 5.77. The second-order valence-corrected chi connectivity index (χ2v) is 7.86. The van der Waals surface area contributed by atoms with Gasteiger partial charge in [0, 0.05) is 35.9 Å². The molecule has 0 aliphatic carbocycles. The Morgan fingerprint density at radius 3 is 2.43 bits per heavy atom. The number of amides is 2. The zero-order valence-corrected chi connectivity index (χ0v) is 17.3. The molecule has 0 unspecified atom stereocenters. The molecule has 1 aliphatic heterocycles. The van der Waals surface area contributed by atoms with Crippen molar-refractivity contribution in [3.8, 4) is 0 Å². The highest BCUT2D eigenvalue weighted by Crippen LogP contribution is 2.23. The van der Waals surface area contributed by atoms with Gasteiger partial charge in [0.05, 0.1) is 5.56 Å². The molecule has 1 N–H and O–H groups in total. The minimum Gasteiger partial charge on any atom is -0.341 e. The van der Waals surface area contributed by atoms with E-state index < -0.39 is 11.7 Å². The molecule has 0 radical (unpaired) electrons. The summed E-state index contributed by atoms with van der Waals surface area (Å²) in [5, 5.41) is 3.37. The van der Waals surface area contributed by atoms with Crippen molar-refractivity contribution >= 4 is 34.2 Å². The van der Waals surface area contributed by atoms with Gasteiger partial charge in [-0.1, -0.05) is 24.3 Å². The highest BCUT2D eigenvalue weighted by molar-refractivity contribution is 6.48. The lowest BCUT2D eigenvalue weighted by Crippen LogP contribution is -2.30. The summed E-state index contributed by atoms with van der Waals surface area (Å²) in [4.78, 5) is 40.1. The summed E-state index contributed by atoms with van der Waals surface area (Å²) in [6.45, 7) is 5.67. The number of hydrogen-bond acceptors (Lipinski definition) is 3. The predicted octanol–water partition coefficient (Wildman–Crippen LogP) is 3.70. The Labute approximate surface area is 175 Å². The molecule has 2 aromatic carbocycles.